The van der Waals surface area contributed by atoms with Crippen molar-refractivity contribution in [3.8, 4) is 0 Å². The van der Waals surface area contributed by atoms with E-state index < -0.39 is 3.37 Å². The summed E-state index contributed by atoms with van der Waals surface area (Å²) in [5.74, 6) is 0. The molecule has 0 aliphatic heterocycles. The van der Waals surface area contributed by atoms with Gasteiger partial charge in [0.2, 0.25) is 0 Å². The fourth-order valence-corrected chi connectivity index (χ4v) is 0. The van der Waals surface area contributed by atoms with E-state index in [2.05, 4.69) is 0 Å². The zero-order chi connectivity index (χ0) is 7.45. The molecule has 0 saturated carbocycles. The van der Waals surface area contributed by atoms with Crippen molar-refractivity contribution in [3.63, 3.8) is 0 Å². The maximum absolute atomic E-state index is 9.50. The minimum atomic E-state index is -3.69. The molecule has 0 aliphatic rings. The van der Waals surface area contributed by atoms with Gasteiger partial charge in [-0.3, -0.25) is 0 Å². The predicted molar refractivity (Wildman–Crippen MR) is 43.0 cm³/mol. The van der Waals surface area contributed by atoms with E-state index in [1.54, 1.807) is 0 Å². The van der Waals surface area contributed by atoms with Crippen molar-refractivity contribution in [2.75, 3.05) is 0 Å². The third-order valence-corrected chi connectivity index (χ3v) is 0. The van der Waals surface area contributed by atoms with E-state index >= 15 is 0 Å². The van der Waals surface area contributed by atoms with Crippen molar-refractivity contribution in [1.29, 1.82) is 0 Å². The molecule has 0 amide bonds. The molecule has 0 N–H and O–H groups in total. The summed E-state index contributed by atoms with van der Waals surface area (Å²) in [5, 5.41) is 0. The molecule has 0 heterocycles. The molecule has 0 bridgehead atoms. The van der Waals surface area contributed by atoms with Gasteiger partial charge >= 0.3 is 81.2 Å². The summed E-state index contributed by atoms with van der Waals surface area (Å²) in [7, 11) is 0. The van der Waals surface area contributed by atoms with Crippen LogP contribution in [0.25, 0.3) is 0 Å². The van der Waals surface area contributed by atoms with Crippen LogP contribution >= 0.6 is 59.6 Å². The molecule has 8 heteroatoms. The van der Waals surface area contributed by atoms with Gasteiger partial charge < -0.3 is 0 Å². The summed E-state index contributed by atoms with van der Waals surface area (Å²) in [5.41, 5.74) is 0. The Morgan fingerprint density at radius 2 is 0.875 bits per heavy atom. The van der Waals surface area contributed by atoms with E-state index in [0.717, 1.165) is 0 Å². The Morgan fingerprint density at radius 1 is 0.875 bits per heavy atom. The second-order valence-corrected chi connectivity index (χ2v) is 17.2. The molecule has 0 atom stereocenters. The Bertz CT molecular complexity index is 45.6. The number of rotatable bonds is 0. The summed E-state index contributed by atoms with van der Waals surface area (Å²) in [6, 6.07) is 0. The van der Waals surface area contributed by atoms with Crippen LogP contribution in [-0.4, -0.2) is 18.2 Å². The third kappa shape index (κ3) is 79.6. The van der Waals surface area contributed by atoms with Crippen molar-refractivity contribution < 1.29 is 3.38 Å². The van der Waals surface area contributed by atoms with Gasteiger partial charge in [-0.1, -0.05) is 0 Å². The van der Waals surface area contributed by atoms with Crippen LogP contribution in [0.3, 0.4) is 0 Å². The van der Waals surface area contributed by atoms with Gasteiger partial charge in [0.1, 0.15) is 0 Å². The van der Waals surface area contributed by atoms with Crippen molar-refractivity contribution >= 4 is 77.8 Å². The molecule has 0 spiro atoms. The van der Waals surface area contributed by atoms with E-state index in [1.165, 1.54) is 0 Å². The molecule has 0 rings (SSSR count). The molecule has 0 unspecified atom stereocenters. The van der Waals surface area contributed by atoms with Crippen LogP contribution in [0, 0.1) is 0 Å². The van der Waals surface area contributed by atoms with Crippen molar-refractivity contribution in [3.05, 3.63) is 0 Å². The molecule has 0 nitrogen and oxygen atoms in total. The summed E-state index contributed by atoms with van der Waals surface area (Å²) in [4.78, 5) is 0. The molecule has 0 aromatic carbocycles. The summed E-state index contributed by atoms with van der Waals surface area (Å²) < 4.78 is 5.81. The Labute approximate surface area is 80.6 Å². The van der Waals surface area contributed by atoms with Crippen molar-refractivity contribution in [2.24, 2.45) is 0 Å². The molecule has 0 aromatic rings. The van der Waals surface area contributed by atoms with E-state index in [1.807, 2.05) is 0 Å². The van der Waals surface area contributed by atoms with Crippen LogP contribution in [0.2, 0.25) is 0 Å². The molecular weight excluding hydrogens is 234 g/mol. The van der Waals surface area contributed by atoms with Gasteiger partial charge in [0, 0.05) is 0 Å². The molecule has 0 radical (unpaired) electrons. The summed E-state index contributed by atoms with van der Waals surface area (Å²) >= 11 is 25.4. The number of hydrogen-bond donors (Lipinski definition) is 0. The van der Waals surface area contributed by atoms with Crippen LogP contribution in [0.5, 0.6) is 0 Å². The zero-order valence-electron chi connectivity index (χ0n) is 3.72. The summed E-state index contributed by atoms with van der Waals surface area (Å²) in [6.07, 6.45) is 0. The Morgan fingerprint density at radius 3 is 0.875 bits per heavy atom. The fraction of sp³-hybridized carbons (Fsp3) is 0. The quantitative estimate of drug-likeness (QED) is 0.432. The monoisotopic (exact) mass is 232 g/mol. The Hall–Kier alpha value is 2.41. The SMILES string of the molecule is ClP(Cl)(Cl)(Cl)Cl.[Li][F]. The van der Waals surface area contributed by atoms with Crippen LogP contribution in [0.4, 0.5) is 3.38 Å². The molecule has 0 aliphatic carbocycles. The van der Waals surface area contributed by atoms with Gasteiger partial charge in [-0.2, -0.15) is 0 Å². The first-order valence-corrected chi connectivity index (χ1v) is 7.98. The van der Waals surface area contributed by atoms with Crippen LogP contribution in [-0.2, 0) is 0 Å². The number of hydrogen-bond acceptors (Lipinski definition) is 0. The molecular formula is Cl5FLiP. The normalized spacial score (nSPS) is 15.2. The first-order chi connectivity index (χ1) is 3.24. The second-order valence-electron chi connectivity index (χ2n) is 0.639. The van der Waals surface area contributed by atoms with Gasteiger partial charge in [-0.05, 0) is 0 Å². The fourth-order valence-electron chi connectivity index (χ4n) is 0. The van der Waals surface area contributed by atoms with Crippen LogP contribution in [0.15, 0.2) is 0 Å². The van der Waals surface area contributed by atoms with E-state index in [0.29, 0.717) is 18.2 Å². The standard InChI is InChI=1S/Cl5P.FH.Li/c1-6(2,3,4)5;;/h;1H;/q;;+1/p-1. The van der Waals surface area contributed by atoms with Gasteiger partial charge in [0.15, 0.2) is 0 Å². The van der Waals surface area contributed by atoms with E-state index in [-0.39, 0.29) is 0 Å². The molecule has 8 heavy (non-hydrogen) atoms. The van der Waals surface area contributed by atoms with Crippen molar-refractivity contribution in [1.82, 2.24) is 0 Å². The average molecular weight is 234 g/mol. The minimum absolute atomic E-state index is 0.500. The van der Waals surface area contributed by atoms with E-state index in [4.69, 9.17) is 56.2 Å². The Kier molecular flexibility index (Phi) is 7.04. The number of halogens is 6. The Balaban J connectivity index is 0. The van der Waals surface area contributed by atoms with E-state index in [9.17, 15) is 3.38 Å². The van der Waals surface area contributed by atoms with Gasteiger partial charge in [-0.25, -0.2) is 0 Å². The van der Waals surface area contributed by atoms with Crippen molar-refractivity contribution in [2.45, 2.75) is 0 Å². The molecule has 0 aromatic heterocycles. The van der Waals surface area contributed by atoms with Crippen LogP contribution < -0.4 is 0 Å². The topological polar surface area (TPSA) is 0 Å². The van der Waals surface area contributed by atoms with Crippen LogP contribution in [0.1, 0.15) is 0 Å². The average Bonchev–Trinajstić information content (AvgIpc) is 1.33. The molecule has 0 saturated heterocycles. The predicted octanol–water partition coefficient (Wildman–Crippen LogP) is 4.35. The first kappa shape index (κ1) is 13.0. The molecule has 0 fully saturated rings. The maximum atomic E-state index is 9.50. The van der Waals surface area contributed by atoms with Gasteiger partial charge in [-0.15, -0.1) is 0 Å². The van der Waals surface area contributed by atoms with Gasteiger partial charge in [0.05, 0.1) is 0 Å². The molecule has 48 valence electrons. The second kappa shape index (κ2) is 4.32. The zero-order valence-corrected chi connectivity index (χ0v) is 8.39. The summed E-state index contributed by atoms with van der Waals surface area (Å²) in [6.45, 7) is 0. The first-order valence-electron chi connectivity index (χ1n) is 1.22. The third-order valence-electron chi connectivity index (χ3n) is 0. The van der Waals surface area contributed by atoms with Gasteiger partial charge in [0.25, 0.3) is 0 Å².